The molecule has 0 atom stereocenters. The highest BCUT2D eigenvalue weighted by Gasteiger charge is 2.20. The average Bonchev–Trinajstić information content (AvgIpc) is 2.39. The Morgan fingerprint density at radius 1 is 1.25 bits per heavy atom. The second-order valence-corrected chi connectivity index (χ2v) is 6.56. The van der Waals surface area contributed by atoms with E-state index in [-0.39, 0.29) is 18.2 Å². The molecule has 0 aromatic heterocycles. The lowest BCUT2D eigenvalue weighted by molar-refractivity contribution is -0.121. The topological polar surface area (TPSA) is 92.5 Å². The molecule has 1 amide bonds. The first-order valence-corrected chi connectivity index (χ1v) is 7.98. The number of nitrogens with zero attached hydrogens (tertiary/aromatic N) is 1. The summed E-state index contributed by atoms with van der Waals surface area (Å²) in [5, 5.41) is 2.57. The second kappa shape index (κ2) is 7.37. The first-order valence-electron chi connectivity index (χ1n) is 6.37. The fourth-order valence-corrected chi connectivity index (χ4v) is 2.79. The van der Waals surface area contributed by atoms with Crippen LogP contribution in [0.2, 0.25) is 0 Å². The zero-order chi connectivity index (χ0) is 15.2. The summed E-state index contributed by atoms with van der Waals surface area (Å²) in [6.07, 6.45) is 0. The van der Waals surface area contributed by atoms with Crippen LogP contribution in [0.4, 0.5) is 0 Å². The number of rotatable bonds is 7. The normalized spacial score (nSPS) is 11.6. The van der Waals surface area contributed by atoms with Gasteiger partial charge in [0.2, 0.25) is 15.9 Å². The number of hydrogen-bond acceptors (Lipinski definition) is 4. The summed E-state index contributed by atoms with van der Waals surface area (Å²) in [6, 6.07) is 7.07. The van der Waals surface area contributed by atoms with E-state index in [4.69, 9.17) is 5.73 Å². The van der Waals surface area contributed by atoms with Crippen molar-refractivity contribution in [2.75, 3.05) is 20.1 Å². The Hall–Kier alpha value is -1.44. The molecule has 0 fully saturated rings. The summed E-state index contributed by atoms with van der Waals surface area (Å²) in [7, 11) is -2.10. The van der Waals surface area contributed by atoms with Gasteiger partial charge in [0, 0.05) is 20.1 Å². The molecule has 0 aliphatic rings. The Bertz CT molecular complexity index is 540. The van der Waals surface area contributed by atoms with Gasteiger partial charge in [-0.3, -0.25) is 4.79 Å². The summed E-state index contributed by atoms with van der Waals surface area (Å²) >= 11 is 0. The van der Waals surface area contributed by atoms with Crippen LogP contribution < -0.4 is 11.1 Å². The number of carbonyl (C=O) groups excluding carboxylic acids is 1. The third-order valence-electron chi connectivity index (χ3n) is 2.82. The molecule has 0 heterocycles. The van der Waals surface area contributed by atoms with E-state index in [2.05, 4.69) is 5.32 Å². The standard InChI is InChI=1S/C13H21N3O3S/c1-3-15-13(17)9-16(2)20(18,19)10-12-6-4-11(8-14)5-7-12/h4-7H,3,8-10,14H2,1-2H3,(H,15,17). The fourth-order valence-electron chi connectivity index (χ4n) is 1.65. The molecule has 112 valence electrons. The van der Waals surface area contributed by atoms with E-state index in [0.29, 0.717) is 18.7 Å². The van der Waals surface area contributed by atoms with Crippen molar-refractivity contribution in [3.8, 4) is 0 Å². The number of nitrogens with two attached hydrogens (primary N) is 1. The van der Waals surface area contributed by atoms with E-state index in [1.54, 1.807) is 31.2 Å². The molecule has 0 spiro atoms. The monoisotopic (exact) mass is 299 g/mol. The number of sulfonamides is 1. The summed E-state index contributed by atoms with van der Waals surface area (Å²) in [5.74, 6) is -0.439. The Morgan fingerprint density at radius 2 is 1.80 bits per heavy atom. The smallest absolute Gasteiger partial charge is 0.235 e. The van der Waals surface area contributed by atoms with Crippen LogP contribution in [-0.2, 0) is 27.1 Å². The fraction of sp³-hybridized carbons (Fsp3) is 0.462. The molecule has 1 rings (SSSR count). The molecule has 0 bridgehead atoms. The van der Waals surface area contributed by atoms with Gasteiger partial charge < -0.3 is 11.1 Å². The Kier molecular flexibility index (Phi) is 6.12. The summed E-state index contributed by atoms with van der Waals surface area (Å²) in [5.41, 5.74) is 7.11. The number of likely N-dealkylation sites (N-methyl/N-ethyl adjacent to an activating group) is 2. The molecule has 3 N–H and O–H groups in total. The van der Waals surface area contributed by atoms with E-state index in [1.807, 2.05) is 0 Å². The van der Waals surface area contributed by atoms with Gasteiger partial charge in [-0.15, -0.1) is 0 Å². The second-order valence-electron chi connectivity index (χ2n) is 4.49. The molecule has 6 nitrogen and oxygen atoms in total. The molecule has 0 aliphatic carbocycles. The molecule has 7 heteroatoms. The minimum absolute atomic E-state index is 0.131. The van der Waals surface area contributed by atoms with E-state index < -0.39 is 10.0 Å². The number of hydrogen-bond donors (Lipinski definition) is 2. The van der Waals surface area contributed by atoms with Crippen molar-refractivity contribution in [3.63, 3.8) is 0 Å². The first kappa shape index (κ1) is 16.6. The van der Waals surface area contributed by atoms with Crippen LogP contribution in [0.25, 0.3) is 0 Å². The van der Waals surface area contributed by atoms with Crippen LogP contribution in [0, 0.1) is 0 Å². The molecule has 0 radical (unpaired) electrons. The molecule has 0 unspecified atom stereocenters. The van der Waals surface area contributed by atoms with Crippen molar-refractivity contribution in [2.45, 2.75) is 19.2 Å². The maximum atomic E-state index is 12.1. The lowest BCUT2D eigenvalue weighted by atomic mass is 10.1. The van der Waals surface area contributed by atoms with Gasteiger partial charge in [0.25, 0.3) is 0 Å². The van der Waals surface area contributed by atoms with E-state index in [1.165, 1.54) is 7.05 Å². The molecule has 1 aromatic rings. The molecular formula is C13H21N3O3S. The average molecular weight is 299 g/mol. The van der Waals surface area contributed by atoms with Crippen molar-refractivity contribution >= 4 is 15.9 Å². The van der Waals surface area contributed by atoms with Gasteiger partial charge >= 0.3 is 0 Å². The van der Waals surface area contributed by atoms with E-state index >= 15 is 0 Å². The Morgan fingerprint density at radius 3 is 2.30 bits per heavy atom. The molecule has 20 heavy (non-hydrogen) atoms. The van der Waals surface area contributed by atoms with Crippen LogP contribution >= 0.6 is 0 Å². The van der Waals surface area contributed by atoms with Gasteiger partial charge in [0.1, 0.15) is 0 Å². The summed E-state index contributed by atoms with van der Waals surface area (Å²) < 4.78 is 25.3. The van der Waals surface area contributed by atoms with Crippen LogP contribution in [0.3, 0.4) is 0 Å². The third kappa shape index (κ3) is 4.92. The van der Waals surface area contributed by atoms with Crippen LogP contribution in [-0.4, -0.2) is 38.8 Å². The molecule has 1 aromatic carbocycles. The van der Waals surface area contributed by atoms with Gasteiger partial charge in [-0.25, -0.2) is 8.42 Å². The molecule has 0 saturated heterocycles. The Balaban J connectivity index is 2.70. The minimum atomic E-state index is -3.51. The van der Waals surface area contributed by atoms with Crippen LogP contribution in [0.15, 0.2) is 24.3 Å². The zero-order valence-electron chi connectivity index (χ0n) is 11.8. The predicted octanol–water partition coefficient (Wildman–Crippen LogP) is 0.0430. The van der Waals surface area contributed by atoms with Crippen molar-refractivity contribution < 1.29 is 13.2 Å². The molecule has 0 saturated carbocycles. The van der Waals surface area contributed by atoms with Crippen LogP contribution in [0.1, 0.15) is 18.1 Å². The molecular weight excluding hydrogens is 278 g/mol. The highest BCUT2D eigenvalue weighted by atomic mass is 32.2. The van der Waals surface area contributed by atoms with Crippen molar-refractivity contribution in [1.82, 2.24) is 9.62 Å². The van der Waals surface area contributed by atoms with Crippen LogP contribution in [0.5, 0.6) is 0 Å². The summed E-state index contributed by atoms with van der Waals surface area (Å²) in [6.45, 7) is 2.51. The van der Waals surface area contributed by atoms with Crippen molar-refractivity contribution in [1.29, 1.82) is 0 Å². The summed E-state index contributed by atoms with van der Waals surface area (Å²) in [4.78, 5) is 11.4. The lowest BCUT2D eigenvalue weighted by Gasteiger charge is -2.16. The largest absolute Gasteiger partial charge is 0.355 e. The number of amides is 1. The molecule has 0 aliphatic heterocycles. The van der Waals surface area contributed by atoms with Gasteiger partial charge in [-0.05, 0) is 18.1 Å². The van der Waals surface area contributed by atoms with Crippen molar-refractivity contribution in [2.24, 2.45) is 5.73 Å². The highest BCUT2D eigenvalue weighted by Crippen LogP contribution is 2.10. The van der Waals surface area contributed by atoms with Gasteiger partial charge in [0.05, 0.1) is 12.3 Å². The number of carbonyl (C=O) groups is 1. The van der Waals surface area contributed by atoms with E-state index in [9.17, 15) is 13.2 Å². The van der Waals surface area contributed by atoms with Gasteiger partial charge in [0.15, 0.2) is 0 Å². The maximum Gasteiger partial charge on any atom is 0.235 e. The Labute approximate surface area is 120 Å². The van der Waals surface area contributed by atoms with Crippen molar-refractivity contribution in [3.05, 3.63) is 35.4 Å². The van der Waals surface area contributed by atoms with E-state index in [0.717, 1.165) is 9.87 Å². The minimum Gasteiger partial charge on any atom is -0.355 e. The first-order chi connectivity index (χ1) is 9.39. The number of nitrogens with one attached hydrogen (secondary N) is 1. The lowest BCUT2D eigenvalue weighted by Crippen LogP contribution is -2.38. The van der Waals surface area contributed by atoms with Gasteiger partial charge in [-0.2, -0.15) is 4.31 Å². The third-order valence-corrected chi connectivity index (χ3v) is 4.60. The quantitative estimate of drug-likeness (QED) is 0.743. The van der Waals surface area contributed by atoms with Gasteiger partial charge in [-0.1, -0.05) is 24.3 Å². The highest BCUT2D eigenvalue weighted by molar-refractivity contribution is 7.88. The zero-order valence-corrected chi connectivity index (χ0v) is 12.6. The SMILES string of the molecule is CCNC(=O)CN(C)S(=O)(=O)Cc1ccc(CN)cc1. The predicted molar refractivity (Wildman–Crippen MR) is 78.3 cm³/mol. The maximum absolute atomic E-state index is 12.1. The number of benzene rings is 1.